The monoisotopic (exact) mass is 766 g/mol. The summed E-state index contributed by atoms with van der Waals surface area (Å²) >= 11 is 1.31. The Bertz CT molecular complexity index is 1970. The summed E-state index contributed by atoms with van der Waals surface area (Å²) < 4.78 is 62.9. The van der Waals surface area contributed by atoms with Crippen molar-refractivity contribution in [1.82, 2.24) is 15.1 Å². The Balaban J connectivity index is 0.000000392. The van der Waals surface area contributed by atoms with Gasteiger partial charge in [-0.25, -0.2) is 18.0 Å². The summed E-state index contributed by atoms with van der Waals surface area (Å²) in [6.07, 6.45) is -0.191. The van der Waals surface area contributed by atoms with Gasteiger partial charge in [-0.2, -0.15) is 8.42 Å². The fourth-order valence-electron chi connectivity index (χ4n) is 6.40. The van der Waals surface area contributed by atoms with Gasteiger partial charge in [0.05, 0.1) is 16.1 Å². The quantitative estimate of drug-likeness (QED) is 0.145. The van der Waals surface area contributed by atoms with Gasteiger partial charge in [0.2, 0.25) is 24.5 Å². The van der Waals surface area contributed by atoms with Crippen molar-refractivity contribution in [3.63, 3.8) is 0 Å². The van der Waals surface area contributed by atoms with E-state index in [9.17, 15) is 40.8 Å². The molecule has 4 N–H and O–H groups in total. The van der Waals surface area contributed by atoms with Crippen LogP contribution in [0.25, 0.3) is 0 Å². The number of rotatable bonds is 8. The number of carbonyl (C=O) groups is 5. The SMILES string of the molecule is CC1(C)S[C@@H]2C(NC(=O)C(N)c3ccccc3)C(=O)N2C1C(=O)OCOC(=O)C1N2C(=O)C[C@H]2S(=O)(=O)C1(C)C.Cc1ccc(S(=O)(=O)O)cc1. The predicted octanol–water partition coefficient (Wildman–Crippen LogP) is 0.653. The van der Waals surface area contributed by atoms with Crippen LogP contribution in [0.2, 0.25) is 0 Å². The summed E-state index contributed by atoms with van der Waals surface area (Å²) in [4.78, 5) is 65.8. The van der Waals surface area contributed by atoms with E-state index >= 15 is 0 Å². The minimum atomic E-state index is -4.02. The molecule has 4 fully saturated rings. The molecule has 4 heterocycles. The summed E-state index contributed by atoms with van der Waals surface area (Å²) in [6, 6.07) is 10.4. The van der Waals surface area contributed by atoms with Gasteiger partial charge in [-0.1, -0.05) is 48.0 Å². The number of carbonyl (C=O) groups excluding carboxylic acids is 5. The molecule has 19 heteroatoms. The second-order valence-corrected chi connectivity index (χ2v) is 19.4. The second kappa shape index (κ2) is 13.5. The van der Waals surface area contributed by atoms with Gasteiger partial charge in [0, 0.05) is 4.75 Å². The van der Waals surface area contributed by atoms with Crippen molar-refractivity contribution < 1.29 is 54.8 Å². The van der Waals surface area contributed by atoms with Crippen molar-refractivity contribution in [2.24, 2.45) is 5.73 Å². The van der Waals surface area contributed by atoms with Crippen LogP contribution in [0.3, 0.4) is 0 Å². The number of β-lactam (4-membered cyclic amide) rings is 2. The van der Waals surface area contributed by atoms with Crippen LogP contribution in [0.1, 0.15) is 51.3 Å². The minimum absolute atomic E-state index is 0.0666. The van der Waals surface area contributed by atoms with Gasteiger partial charge >= 0.3 is 11.9 Å². The average molecular weight is 767 g/mol. The molecule has 16 nitrogen and oxygen atoms in total. The van der Waals surface area contributed by atoms with E-state index in [0.717, 1.165) is 10.5 Å². The molecule has 4 unspecified atom stereocenters. The highest BCUT2D eigenvalue weighted by Gasteiger charge is 2.68. The minimum Gasteiger partial charge on any atom is -0.426 e. The third-order valence-corrected chi connectivity index (χ3v) is 14.6. The number of esters is 2. The molecule has 0 bridgehead atoms. The lowest BCUT2D eigenvalue weighted by Crippen LogP contribution is -2.71. The van der Waals surface area contributed by atoms with E-state index in [1.807, 2.05) is 6.92 Å². The van der Waals surface area contributed by atoms with Gasteiger partial charge in [-0.05, 0) is 52.3 Å². The number of benzene rings is 2. The van der Waals surface area contributed by atoms with E-state index in [-0.39, 0.29) is 11.3 Å². The molecular weight excluding hydrogens is 729 g/mol. The summed E-state index contributed by atoms with van der Waals surface area (Å²) in [5.41, 5.74) is 7.59. The Labute approximate surface area is 299 Å². The number of hydrogen-bond donors (Lipinski definition) is 3. The average Bonchev–Trinajstić information content (AvgIpc) is 3.38. The van der Waals surface area contributed by atoms with Crippen LogP contribution >= 0.6 is 11.8 Å². The highest BCUT2D eigenvalue weighted by Crippen LogP contribution is 2.51. The molecule has 4 aliphatic rings. The highest BCUT2D eigenvalue weighted by atomic mass is 32.2. The zero-order chi connectivity index (χ0) is 37.8. The first kappa shape index (κ1) is 38.2. The van der Waals surface area contributed by atoms with Crippen molar-refractivity contribution in [3.05, 3.63) is 65.7 Å². The topological polar surface area (TPSA) is 237 Å². The first-order chi connectivity index (χ1) is 23.6. The van der Waals surface area contributed by atoms with Gasteiger partial charge in [0.15, 0.2) is 9.84 Å². The lowest BCUT2D eigenvalue weighted by atomic mass is 9.95. The smallest absolute Gasteiger partial charge is 0.333 e. The number of sulfone groups is 1. The maximum absolute atomic E-state index is 13.0. The van der Waals surface area contributed by atoms with Crippen LogP contribution in [0.5, 0.6) is 0 Å². The van der Waals surface area contributed by atoms with E-state index in [1.54, 1.807) is 56.3 Å². The van der Waals surface area contributed by atoms with Crippen LogP contribution in [-0.4, -0.2) is 106 Å². The second-order valence-electron chi connectivity index (χ2n) is 13.5. The van der Waals surface area contributed by atoms with E-state index < -0.39 is 101 Å². The number of nitrogens with one attached hydrogen (secondary N) is 1. The molecule has 6 rings (SSSR count). The first-order valence-corrected chi connectivity index (χ1v) is 19.5. The maximum Gasteiger partial charge on any atom is 0.333 e. The van der Waals surface area contributed by atoms with Crippen molar-refractivity contribution in [2.45, 2.75) is 90.3 Å². The first-order valence-electron chi connectivity index (χ1n) is 15.6. The molecule has 0 saturated carbocycles. The van der Waals surface area contributed by atoms with E-state index in [4.69, 9.17) is 19.8 Å². The van der Waals surface area contributed by atoms with Crippen molar-refractivity contribution in [1.29, 1.82) is 0 Å². The molecular formula is C32H38N4O12S3. The Morgan fingerprint density at radius 1 is 0.980 bits per heavy atom. The fraction of sp³-hybridized carbons (Fsp3) is 0.469. The summed E-state index contributed by atoms with van der Waals surface area (Å²) in [7, 11) is -7.82. The van der Waals surface area contributed by atoms with E-state index in [2.05, 4.69) is 5.32 Å². The van der Waals surface area contributed by atoms with Gasteiger partial charge in [0.25, 0.3) is 10.1 Å². The Morgan fingerprint density at radius 2 is 1.55 bits per heavy atom. The zero-order valence-corrected chi connectivity index (χ0v) is 30.7. The molecule has 4 aliphatic heterocycles. The molecule has 0 spiro atoms. The third-order valence-electron chi connectivity index (χ3n) is 9.32. The molecule has 6 atom stereocenters. The largest absolute Gasteiger partial charge is 0.426 e. The Kier molecular flexibility index (Phi) is 10.1. The summed E-state index contributed by atoms with van der Waals surface area (Å²) in [5.74, 6) is -3.32. The summed E-state index contributed by atoms with van der Waals surface area (Å²) in [5, 5.41) is 1.07. The molecule has 2 aromatic carbocycles. The van der Waals surface area contributed by atoms with Crippen LogP contribution in [0, 0.1) is 6.92 Å². The van der Waals surface area contributed by atoms with Crippen LogP contribution in [0.15, 0.2) is 59.5 Å². The van der Waals surface area contributed by atoms with Gasteiger partial charge in [-0.3, -0.25) is 18.9 Å². The van der Waals surface area contributed by atoms with Gasteiger partial charge in [0.1, 0.15) is 34.9 Å². The number of nitrogens with zero attached hydrogens (tertiary/aromatic N) is 2. The Hall–Kier alpha value is -4.04. The molecule has 0 aliphatic carbocycles. The molecule has 0 aromatic heterocycles. The third kappa shape index (κ3) is 6.84. The number of hydrogen-bond acceptors (Lipinski definition) is 13. The summed E-state index contributed by atoms with van der Waals surface area (Å²) in [6.45, 7) is 7.21. The predicted molar refractivity (Wildman–Crippen MR) is 181 cm³/mol. The number of aryl methyl sites for hydroxylation is 1. The number of nitrogens with two attached hydrogens (primary N) is 1. The van der Waals surface area contributed by atoms with Crippen molar-refractivity contribution in [2.75, 3.05) is 6.79 Å². The molecule has 4 saturated heterocycles. The van der Waals surface area contributed by atoms with E-state index in [0.29, 0.717) is 5.56 Å². The fourth-order valence-corrected chi connectivity index (χ4v) is 10.6. The molecule has 0 radical (unpaired) electrons. The molecule has 3 amide bonds. The number of ether oxygens (including phenoxy) is 2. The van der Waals surface area contributed by atoms with Gasteiger partial charge in [-0.15, -0.1) is 11.8 Å². The van der Waals surface area contributed by atoms with E-state index in [1.165, 1.54) is 42.6 Å². The van der Waals surface area contributed by atoms with Crippen LogP contribution in [-0.2, 0) is 53.4 Å². The van der Waals surface area contributed by atoms with Crippen molar-refractivity contribution >= 4 is 61.4 Å². The number of thioether (sulfide) groups is 1. The zero-order valence-electron chi connectivity index (χ0n) is 28.2. The van der Waals surface area contributed by atoms with Crippen LogP contribution in [0.4, 0.5) is 0 Å². The normalized spacial score (nSPS) is 27.0. The molecule has 2 aromatic rings. The lowest BCUT2D eigenvalue weighted by Gasteiger charge is -2.44. The Morgan fingerprint density at radius 3 is 2.10 bits per heavy atom. The van der Waals surface area contributed by atoms with Crippen molar-refractivity contribution in [3.8, 4) is 0 Å². The van der Waals surface area contributed by atoms with Gasteiger partial charge < -0.3 is 30.3 Å². The lowest BCUT2D eigenvalue weighted by molar-refractivity contribution is -0.181. The number of amides is 3. The highest BCUT2D eigenvalue weighted by molar-refractivity contribution is 8.01. The molecule has 276 valence electrons. The number of fused-ring (bicyclic) bond motifs is 2. The standard InChI is InChI=1S/C25H30N4O9S2.C7H8O3S/c1-24(2)17(29-20(32)16(21(29)39-24)27-19(31)15(26)12-8-6-5-7-9-12)22(33)37-11-38-23(34)18-25(3,4)40(35,36)14-10-13(30)28(14)18;1-6-2-4-7(5-3-6)11(8,9)10/h5-9,14-18,21H,10-11,26H2,1-4H3,(H,27,31);2-5H,1H3,(H,8,9,10)/t14-,15?,16?,17?,18?,21-;/m1./s1. The maximum atomic E-state index is 13.0. The molecule has 51 heavy (non-hydrogen) atoms. The van der Waals surface area contributed by atoms with Crippen LogP contribution < -0.4 is 11.1 Å².